The summed E-state index contributed by atoms with van der Waals surface area (Å²) in [5.74, 6) is 3.36. The van der Waals surface area contributed by atoms with Gasteiger partial charge in [-0.2, -0.15) is 4.98 Å². The maximum Gasteiger partial charge on any atom is 0.225 e. The van der Waals surface area contributed by atoms with Crippen molar-refractivity contribution in [3.8, 4) is 23.0 Å². The number of nitrogens with one attached hydrogen (secondary N) is 1. The van der Waals surface area contributed by atoms with E-state index in [1.807, 2.05) is 41.3 Å². The van der Waals surface area contributed by atoms with Crippen molar-refractivity contribution in [1.82, 2.24) is 24.4 Å². The standard InChI is InChI=1S/C31H30N6O2/c1-39-25-12-13-26-27(18-25)37(29(34-26)23-11-8-20-5-2-3-6-22(20)17-23)28-14-15-32-31(35-28)33-24-7-4-16-36(19-24)30(38)21-9-10-21/h2-3,5-6,8,11-15,17-18,21,24H,4,7,9-10,16,19H2,1H3,(H,32,33,35)/t24-/m0/s1. The summed E-state index contributed by atoms with van der Waals surface area (Å²) in [6.45, 7) is 1.53. The van der Waals surface area contributed by atoms with Crippen LogP contribution in [0, 0.1) is 5.92 Å². The minimum absolute atomic E-state index is 0.122. The molecule has 1 N–H and O–H groups in total. The predicted octanol–water partition coefficient (Wildman–Crippen LogP) is 5.46. The van der Waals surface area contributed by atoms with E-state index in [0.717, 1.165) is 65.8 Å². The van der Waals surface area contributed by atoms with Gasteiger partial charge in [0.15, 0.2) is 0 Å². The molecule has 2 fully saturated rings. The van der Waals surface area contributed by atoms with Gasteiger partial charge in [0.05, 0.1) is 18.1 Å². The largest absolute Gasteiger partial charge is 0.497 e. The van der Waals surface area contributed by atoms with Crippen molar-refractivity contribution in [2.24, 2.45) is 5.92 Å². The second kappa shape index (κ2) is 9.69. The molecule has 39 heavy (non-hydrogen) atoms. The highest BCUT2D eigenvalue weighted by atomic mass is 16.5. The molecule has 196 valence electrons. The van der Waals surface area contributed by atoms with Gasteiger partial charge in [-0.3, -0.25) is 9.36 Å². The van der Waals surface area contributed by atoms with E-state index in [-0.39, 0.29) is 12.0 Å². The van der Waals surface area contributed by atoms with Crippen LogP contribution in [0.4, 0.5) is 5.95 Å². The Bertz CT molecular complexity index is 1690. The van der Waals surface area contributed by atoms with Crippen molar-refractivity contribution in [2.45, 2.75) is 31.7 Å². The van der Waals surface area contributed by atoms with Crippen molar-refractivity contribution < 1.29 is 9.53 Å². The third-order valence-corrected chi connectivity index (χ3v) is 7.73. The van der Waals surface area contributed by atoms with Crippen LogP contribution in [-0.2, 0) is 4.79 Å². The molecule has 1 aliphatic heterocycles. The lowest BCUT2D eigenvalue weighted by Crippen LogP contribution is -2.45. The molecule has 1 saturated carbocycles. The monoisotopic (exact) mass is 518 g/mol. The quantitative estimate of drug-likeness (QED) is 0.321. The molecule has 1 saturated heterocycles. The Morgan fingerprint density at radius 1 is 0.974 bits per heavy atom. The van der Waals surface area contributed by atoms with Gasteiger partial charge in [-0.1, -0.05) is 36.4 Å². The van der Waals surface area contributed by atoms with Gasteiger partial charge < -0.3 is 15.0 Å². The summed E-state index contributed by atoms with van der Waals surface area (Å²) in [7, 11) is 1.67. The van der Waals surface area contributed by atoms with E-state index in [4.69, 9.17) is 14.7 Å². The number of ether oxygens (including phenoxy) is 1. The van der Waals surface area contributed by atoms with E-state index in [1.54, 1.807) is 13.3 Å². The fourth-order valence-electron chi connectivity index (χ4n) is 5.55. The summed E-state index contributed by atoms with van der Waals surface area (Å²) in [5.41, 5.74) is 2.76. The molecule has 5 aromatic rings. The number of benzene rings is 3. The molecule has 8 heteroatoms. The number of hydrogen-bond acceptors (Lipinski definition) is 6. The molecule has 8 nitrogen and oxygen atoms in total. The number of rotatable bonds is 6. The summed E-state index contributed by atoms with van der Waals surface area (Å²) in [6.07, 6.45) is 5.80. The molecule has 0 bridgehead atoms. The molecule has 2 aromatic heterocycles. The van der Waals surface area contributed by atoms with E-state index in [9.17, 15) is 4.79 Å². The van der Waals surface area contributed by atoms with Crippen LogP contribution >= 0.6 is 0 Å². The SMILES string of the molecule is COc1ccc2nc(-c3ccc4ccccc4c3)n(-c3ccnc(N[C@H]4CCCN(C(=O)C5CC5)C4)n3)c2c1. The lowest BCUT2D eigenvalue weighted by atomic mass is 10.1. The molecular weight excluding hydrogens is 488 g/mol. The van der Waals surface area contributed by atoms with Gasteiger partial charge in [-0.05, 0) is 60.7 Å². The molecule has 0 unspecified atom stereocenters. The van der Waals surface area contributed by atoms with Crippen molar-refractivity contribution in [2.75, 3.05) is 25.5 Å². The normalized spacial score (nSPS) is 17.5. The first-order chi connectivity index (χ1) is 19.2. The topological polar surface area (TPSA) is 85.2 Å². The zero-order chi connectivity index (χ0) is 26.3. The first kappa shape index (κ1) is 23.6. The van der Waals surface area contributed by atoms with Crippen LogP contribution in [0.2, 0.25) is 0 Å². The maximum absolute atomic E-state index is 12.6. The molecule has 3 heterocycles. The number of carbonyl (C=O) groups is 1. The maximum atomic E-state index is 12.6. The van der Waals surface area contributed by atoms with Crippen molar-refractivity contribution in [3.63, 3.8) is 0 Å². The van der Waals surface area contributed by atoms with Crippen LogP contribution < -0.4 is 10.1 Å². The first-order valence-corrected chi connectivity index (χ1v) is 13.6. The van der Waals surface area contributed by atoms with E-state index in [2.05, 4.69) is 45.2 Å². The van der Waals surface area contributed by atoms with Crippen LogP contribution in [0.3, 0.4) is 0 Å². The third kappa shape index (κ3) is 4.56. The van der Waals surface area contributed by atoms with Crippen LogP contribution in [-0.4, -0.2) is 56.6 Å². The second-order valence-corrected chi connectivity index (χ2v) is 10.5. The molecule has 0 spiro atoms. The average molecular weight is 519 g/mol. The Balaban J connectivity index is 1.27. The fourth-order valence-corrected chi connectivity index (χ4v) is 5.55. The summed E-state index contributed by atoms with van der Waals surface area (Å²) >= 11 is 0. The molecule has 0 radical (unpaired) electrons. The number of likely N-dealkylation sites (tertiary alicyclic amines) is 1. The van der Waals surface area contributed by atoms with Crippen molar-refractivity contribution in [3.05, 3.63) is 72.9 Å². The van der Waals surface area contributed by atoms with Crippen LogP contribution in [0.5, 0.6) is 5.75 Å². The molecule has 1 aliphatic carbocycles. The first-order valence-electron chi connectivity index (χ1n) is 13.6. The van der Waals surface area contributed by atoms with Crippen molar-refractivity contribution >= 4 is 33.7 Å². The lowest BCUT2D eigenvalue weighted by Gasteiger charge is -2.33. The highest BCUT2D eigenvalue weighted by molar-refractivity contribution is 5.89. The number of imidazole rings is 1. The van der Waals surface area contributed by atoms with Crippen molar-refractivity contribution in [1.29, 1.82) is 0 Å². The van der Waals surface area contributed by atoms with Crippen LogP contribution in [0.1, 0.15) is 25.7 Å². The number of anilines is 1. The van der Waals surface area contributed by atoms with Gasteiger partial charge in [-0.25, -0.2) is 9.97 Å². The number of aromatic nitrogens is 4. The van der Waals surface area contributed by atoms with Gasteiger partial charge in [0.1, 0.15) is 17.4 Å². The Labute approximate surface area is 226 Å². The molecule has 2 aliphatic rings. The van der Waals surface area contributed by atoms with Gasteiger partial charge in [0.2, 0.25) is 11.9 Å². The summed E-state index contributed by atoms with van der Waals surface area (Å²) < 4.78 is 7.61. The fraction of sp³-hybridized carbons (Fsp3) is 0.290. The molecule has 1 amide bonds. The number of methoxy groups -OCH3 is 1. The minimum atomic E-state index is 0.122. The smallest absolute Gasteiger partial charge is 0.225 e. The highest BCUT2D eigenvalue weighted by Gasteiger charge is 2.35. The number of hydrogen-bond donors (Lipinski definition) is 1. The average Bonchev–Trinajstić information content (AvgIpc) is 3.76. The van der Waals surface area contributed by atoms with E-state index < -0.39 is 0 Å². The Kier molecular flexibility index (Phi) is 5.87. The van der Waals surface area contributed by atoms with Gasteiger partial charge in [-0.15, -0.1) is 0 Å². The highest BCUT2D eigenvalue weighted by Crippen LogP contribution is 2.33. The Morgan fingerprint density at radius 3 is 2.69 bits per heavy atom. The molecular formula is C31H30N6O2. The van der Waals surface area contributed by atoms with Gasteiger partial charge in [0, 0.05) is 42.9 Å². The summed E-state index contributed by atoms with van der Waals surface area (Å²) in [5, 5.41) is 5.84. The van der Waals surface area contributed by atoms with E-state index >= 15 is 0 Å². The molecule has 1 atom stereocenters. The molecule has 7 rings (SSSR count). The van der Waals surface area contributed by atoms with Crippen LogP contribution in [0.25, 0.3) is 39.0 Å². The number of fused-ring (bicyclic) bond motifs is 2. The molecule has 3 aromatic carbocycles. The zero-order valence-electron chi connectivity index (χ0n) is 21.9. The summed E-state index contributed by atoms with van der Waals surface area (Å²) in [6, 6.07) is 22.6. The van der Waals surface area contributed by atoms with Gasteiger partial charge >= 0.3 is 0 Å². The number of amides is 1. The minimum Gasteiger partial charge on any atom is -0.497 e. The Morgan fingerprint density at radius 2 is 1.85 bits per heavy atom. The number of nitrogens with zero attached hydrogens (tertiary/aromatic N) is 5. The Hall–Kier alpha value is -4.46. The second-order valence-electron chi connectivity index (χ2n) is 10.5. The lowest BCUT2D eigenvalue weighted by molar-refractivity contribution is -0.133. The van der Waals surface area contributed by atoms with Gasteiger partial charge in [0.25, 0.3) is 0 Å². The number of carbonyl (C=O) groups excluding carboxylic acids is 1. The third-order valence-electron chi connectivity index (χ3n) is 7.73. The number of piperidine rings is 1. The summed E-state index contributed by atoms with van der Waals surface area (Å²) in [4.78, 5) is 29.1. The van der Waals surface area contributed by atoms with E-state index in [0.29, 0.717) is 24.2 Å². The zero-order valence-corrected chi connectivity index (χ0v) is 21.9. The predicted molar refractivity (Wildman–Crippen MR) is 152 cm³/mol. The van der Waals surface area contributed by atoms with Crippen LogP contribution in [0.15, 0.2) is 72.9 Å². The van der Waals surface area contributed by atoms with E-state index in [1.165, 1.54) is 5.39 Å².